The smallest absolute Gasteiger partial charge is 0.120 e. The maximum atomic E-state index is 9.97. The molecule has 2 aromatic rings. The molecule has 21 heavy (non-hydrogen) atoms. The van der Waals surface area contributed by atoms with Crippen molar-refractivity contribution < 1.29 is 14.3 Å². The van der Waals surface area contributed by atoms with Gasteiger partial charge in [-0.3, -0.25) is 0 Å². The molecule has 0 aliphatic carbocycles. The van der Waals surface area contributed by atoms with Crippen molar-refractivity contribution in [2.24, 2.45) is 0 Å². The number of hydrogen-bond acceptors (Lipinski definition) is 4. The van der Waals surface area contributed by atoms with Gasteiger partial charge in [0, 0.05) is 6.54 Å². The molecule has 1 heterocycles. The van der Waals surface area contributed by atoms with Crippen LogP contribution < -0.4 is 5.32 Å². The summed E-state index contributed by atoms with van der Waals surface area (Å²) in [6, 6.07) is 13.8. The predicted octanol–water partition coefficient (Wildman–Crippen LogP) is 3.07. The van der Waals surface area contributed by atoms with Crippen LogP contribution in [-0.4, -0.2) is 24.4 Å². The monoisotopic (exact) mass is 289 g/mol. The van der Waals surface area contributed by atoms with E-state index in [0.29, 0.717) is 13.2 Å². The van der Waals surface area contributed by atoms with Crippen LogP contribution in [0.1, 0.15) is 37.3 Å². The SMILES string of the molecule is CC(OCC(O)CN[C@H](C)c1ccco1)c1ccccc1. The zero-order valence-electron chi connectivity index (χ0n) is 12.5. The van der Waals surface area contributed by atoms with Crippen molar-refractivity contribution in [3.8, 4) is 0 Å². The largest absolute Gasteiger partial charge is 0.468 e. The molecule has 4 nitrogen and oxygen atoms in total. The lowest BCUT2D eigenvalue weighted by Crippen LogP contribution is -2.32. The van der Waals surface area contributed by atoms with E-state index in [1.54, 1.807) is 6.26 Å². The lowest BCUT2D eigenvalue weighted by Gasteiger charge is -2.18. The molecule has 0 aliphatic heterocycles. The molecule has 3 atom stereocenters. The second-order valence-electron chi connectivity index (χ2n) is 5.19. The minimum atomic E-state index is -0.548. The first-order chi connectivity index (χ1) is 10.2. The van der Waals surface area contributed by atoms with E-state index in [1.165, 1.54) is 0 Å². The molecule has 2 N–H and O–H groups in total. The molecule has 0 amide bonds. The summed E-state index contributed by atoms with van der Waals surface area (Å²) in [5.74, 6) is 0.862. The standard InChI is InChI=1S/C17H23NO3/c1-13(17-9-6-10-20-17)18-11-16(19)12-21-14(2)15-7-4-3-5-8-15/h3-10,13-14,16,18-19H,11-12H2,1-2H3/t13-,14?,16?/m1/s1. The Labute approximate surface area is 125 Å². The molecule has 2 unspecified atom stereocenters. The van der Waals surface area contributed by atoms with Crippen LogP contribution in [0.5, 0.6) is 0 Å². The molecule has 0 bridgehead atoms. The molecule has 0 fully saturated rings. The van der Waals surface area contributed by atoms with Gasteiger partial charge in [0.05, 0.1) is 31.1 Å². The van der Waals surface area contributed by atoms with Crippen molar-refractivity contribution in [1.82, 2.24) is 5.32 Å². The van der Waals surface area contributed by atoms with E-state index in [-0.39, 0.29) is 12.1 Å². The molecular weight excluding hydrogens is 266 g/mol. The number of aliphatic hydroxyl groups excluding tert-OH is 1. The summed E-state index contributed by atoms with van der Waals surface area (Å²) in [6.45, 7) is 4.75. The molecule has 1 aromatic carbocycles. The van der Waals surface area contributed by atoms with Crippen LogP contribution in [0.2, 0.25) is 0 Å². The van der Waals surface area contributed by atoms with Gasteiger partial charge in [-0.15, -0.1) is 0 Å². The molecule has 1 aromatic heterocycles. The number of benzene rings is 1. The molecule has 0 spiro atoms. The third-order valence-electron chi connectivity index (χ3n) is 3.44. The predicted molar refractivity (Wildman–Crippen MR) is 81.9 cm³/mol. The van der Waals surface area contributed by atoms with E-state index in [9.17, 15) is 5.11 Å². The Kier molecular flexibility index (Phi) is 5.99. The topological polar surface area (TPSA) is 54.6 Å². The van der Waals surface area contributed by atoms with Crippen LogP contribution >= 0.6 is 0 Å². The fraction of sp³-hybridized carbons (Fsp3) is 0.412. The second-order valence-corrected chi connectivity index (χ2v) is 5.19. The van der Waals surface area contributed by atoms with E-state index in [4.69, 9.17) is 9.15 Å². The van der Waals surface area contributed by atoms with Crippen molar-refractivity contribution in [2.75, 3.05) is 13.2 Å². The lowest BCUT2D eigenvalue weighted by atomic mass is 10.1. The summed E-state index contributed by atoms with van der Waals surface area (Å²) in [4.78, 5) is 0. The fourth-order valence-corrected chi connectivity index (χ4v) is 2.09. The summed E-state index contributed by atoms with van der Waals surface area (Å²) in [5, 5.41) is 13.2. The maximum Gasteiger partial charge on any atom is 0.120 e. The van der Waals surface area contributed by atoms with Gasteiger partial charge < -0.3 is 19.6 Å². The first-order valence-corrected chi connectivity index (χ1v) is 7.28. The average molecular weight is 289 g/mol. The van der Waals surface area contributed by atoms with Gasteiger partial charge in [-0.25, -0.2) is 0 Å². The molecule has 0 saturated heterocycles. The van der Waals surface area contributed by atoms with Crippen molar-refractivity contribution in [2.45, 2.75) is 32.1 Å². The van der Waals surface area contributed by atoms with Gasteiger partial charge in [0.1, 0.15) is 5.76 Å². The number of nitrogens with one attached hydrogen (secondary N) is 1. The lowest BCUT2D eigenvalue weighted by molar-refractivity contribution is -0.00294. The van der Waals surface area contributed by atoms with Crippen LogP contribution in [0, 0.1) is 0 Å². The Hall–Kier alpha value is -1.62. The first kappa shape index (κ1) is 15.8. The molecule has 0 saturated carbocycles. The highest BCUT2D eigenvalue weighted by molar-refractivity contribution is 5.16. The first-order valence-electron chi connectivity index (χ1n) is 7.28. The van der Waals surface area contributed by atoms with E-state index in [1.807, 2.05) is 56.3 Å². The van der Waals surface area contributed by atoms with Crippen molar-refractivity contribution in [3.63, 3.8) is 0 Å². The van der Waals surface area contributed by atoms with Crippen molar-refractivity contribution in [1.29, 1.82) is 0 Å². The van der Waals surface area contributed by atoms with E-state index in [0.717, 1.165) is 11.3 Å². The van der Waals surface area contributed by atoms with Crippen LogP contribution in [0.3, 0.4) is 0 Å². The van der Waals surface area contributed by atoms with Gasteiger partial charge in [0.2, 0.25) is 0 Å². The van der Waals surface area contributed by atoms with Gasteiger partial charge >= 0.3 is 0 Å². The Balaban J connectivity index is 1.69. The van der Waals surface area contributed by atoms with Gasteiger partial charge in [-0.1, -0.05) is 30.3 Å². The van der Waals surface area contributed by atoms with Gasteiger partial charge in [-0.05, 0) is 31.5 Å². The summed E-state index contributed by atoms with van der Waals surface area (Å²) in [5.41, 5.74) is 1.11. The number of ether oxygens (including phenoxy) is 1. The zero-order chi connectivity index (χ0) is 15.1. The van der Waals surface area contributed by atoms with Crippen LogP contribution in [0.25, 0.3) is 0 Å². The molecule has 2 rings (SSSR count). The normalized spacial score (nSPS) is 15.6. The summed E-state index contributed by atoms with van der Waals surface area (Å²) in [7, 11) is 0. The van der Waals surface area contributed by atoms with Crippen LogP contribution in [0.4, 0.5) is 0 Å². The third kappa shape index (κ3) is 5.01. The van der Waals surface area contributed by atoms with Crippen molar-refractivity contribution >= 4 is 0 Å². The highest BCUT2D eigenvalue weighted by atomic mass is 16.5. The minimum Gasteiger partial charge on any atom is -0.468 e. The zero-order valence-corrected chi connectivity index (χ0v) is 12.5. The molecule has 0 aliphatic rings. The summed E-state index contributed by atoms with van der Waals surface area (Å²) >= 11 is 0. The summed E-state index contributed by atoms with van der Waals surface area (Å²) in [6.07, 6.45) is 1.08. The van der Waals surface area contributed by atoms with Gasteiger partial charge in [0.25, 0.3) is 0 Å². The Morgan fingerprint density at radius 1 is 1.14 bits per heavy atom. The number of furan rings is 1. The Morgan fingerprint density at radius 3 is 2.57 bits per heavy atom. The van der Waals surface area contributed by atoms with Gasteiger partial charge in [0.15, 0.2) is 0 Å². The third-order valence-corrected chi connectivity index (χ3v) is 3.44. The van der Waals surface area contributed by atoms with Crippen molar-refractivity contribution in [3.05, 3.63) is 60.1 Å². The maximum absolute atomic E-state index is 9.97. The van der Waals surface area contributed by atoms with Gasteiger partial charge in [-0.2, -0.15) is 0 Å². The Bertz CT molecular complexity index is 498. The minimum absolute atomic E-state index is 0.0247. The van der Waals surface area contributed by atoms with E-state index in [2.05, 4.69) is 5.32 Å². The molecule has 4 heteroatoms. The highest BCUT2D eigenvalue weighted by Gasteiger charge is 2.12. The number of hydrogen-bond donors (Lipinski definition) is 2. The van der Waals surface area contributed by atoms with E-state index >= 15 is 0 Å². The number of rotatable bonds is 8. The highest BCUT2D eigenvalue weighted by Crippen LogP contribution is 2.16. The average Bonchev–Trinajstić information content (AvgIpc) is 3.05. The quantitative estimate of drug-likeness (QED) is 0.784. The fourth-order valence-electron chi connectivity index (χ4n) is 2.09. The Morgan fingerprint density at radius 2 is 1.90 bits per heavy atom. The van der Waals surface area contributed by atoms with E-state index < -0.39 is 6.10 Å². The molecule has 0 radical (unpaired) electrons. The molecular formula is C17H23NO3. The molecule has 114 valence electrons. The second kappa shape index (κ2) is 7.98. The van der Waals surface area contributed by atoms with Crippen LogP contribution in [-0.2, 0) is 4.74 Å². The number of aliphatic hydroxyl groups is 1. The van der Waals surface area contributed by atoms with Crippen LogP contribution in [0.15, 0.2) is 53.1 Å². The summed E-state index contributed by atoms with van der Waals surface area (Å²) < 4.78 is 11.0.